The van der Waals surface area contributed by atoms with Crippen LogP contribution < -0.4 is 24.6 Å². The van der Waals surface area contributed by atoms with E-state index in [1.165, 1.54) is 25.7 Å². The molecule has 0 saturated carbocycles. The Morgan fingerprint density at radius 3 is 2.58 bits per heavy atom. The zero-order chi connectivity index (χ0) is 22.6. The standard InChI is InChI=1S/C25H30N4O4/c30-24-13-19(17-29(24)20-6-7-21-22(14-20)33-12-11-32-21)25(31)27-16-18-5-8-23(26-15-18)28-9-3-1-2-4-10-28/h5-8,14-15,19H,1-4,9-13,16-17H2,(H,27,31). The Kier molecular flexibility index (Phi) is 6.32. The van der Waals surface area contributed by atoms with Crippen LogP contribution in [0.4, 0.5) is 11.5 Å². The van der Waals surface area contributed by atoms with Gasteiger partial charge in [-0.3, -0.25) is 9.59 Å². The highest BCUT2D eigenvalue weighted by Gasteiger charge is 2.35. The number of pyridine rings is 1. The number of ether oxygens (including phenoxy) is 2. The summed E-state index contributed by atoms with van der Waals surface area (Å²) >= 11 is 0. The number of hydrogen-bond acceptors (Lipinski definition) is 6. The molecule has 4 heterocycles. The van der Waals surface area contributed by atoms with E-state index < -0.39 is 0 Å². The molecule has 2 saturated heterocycles. The van der Waals surface area contributed by atoms with Crippen molar-refractivity contribution in [2.75, 3.05) is 42.6 Å². The topological polar surface area (TPSA) is 84.0 Å². The van der Waals surface area contributed by atoms with Crippen molar-refractivity contribution in [2.24, 2.45) is 5.92 Å². The van der Waals surface area contributed by atoms with Gasteiger partial charge in [0.1, 0.15) is 19.0 Å². The third kappa shape index (κ3) is 4.89. The van der Waals surface area contributed by atoms with Crippen molar-refractivity contribution >= 4 is 23.3 Å². The fraction of sp³-hybridized carbons (Fsp3) is 0.480. The van der Waals surface area contributed by atoms with Gasteiger partial charge in [-0.15, -0.1) is 0 Å². The van der Waals surface area contributed by atoms with Crippen LogP contribution in [0.3, 0.4) is 0 Å². The highest BCUT2D eigenvalue weighted by molar-refractivity contribution is 6.00. The van der Waals surface area contributed by atoms with E-state index in [0.717, 1.165) is 30.2 Å². The van der Waals surface area contributed by atoms with Gasteiger partial charge in [-0.05, 0) is 36.6 Å². The van der Waals surface area contributed by atoms with E-state index in [4.69, 9.17) is 9.47 Å². The second kappa shape index (κ2) is 9.68. The molecule has 0 bridgehead atoms. The third-order valence-electron chi connectivity index (χ3n) is 6.54. The summed E-state index contributed by atoms with van der Waals surface area (Å²) < 4.78 is 11.2. The van der Waals surface area contributed by atoms with E-state index in [1.807, 2.05) is 36.5 Å². The number of aromatic nitrogens is 1. The lowest BCUT2D eigenvalue weighted by Gasteiger charge is -2.22. The van der Waals surface area contributed by atoms with Crippen LogP contribution in [0, 0.1) is 5.92 Å². The monoisotopic (exact) mass is 450 g/mol. The molecule has 1 aromatic carbocycles. The fourth-order valence-electron chi connectivity index (χ4n) is 4.67. The number of carbonyl (C=O) groups is 2. The Morgan fingerprint density at radius 1 is 1.03 bits per heavy atom. The molecule has 174 valence electrons. The summed E-state index contributed by atoms with van der Waals surface area (Å²) in [6, 6.07) is 9.52. The number of nitrogens with zero attached hydrogens (tertiary/aromatic N) is 3. The quantitative estimate of drug-likeness (QED) is 0.754. The van der Waals surface area contributed by atoms with Gasteiger partial charge in [0.2, 0.25) is 11.8 Å². The Hall–Kier alpha value is -3.29. The molecular weight excluding hydrogens is 420 g/mol. The van der Waals surface area contributed by atoms with Gasteiger partial charge < -0.3 is 24.6 Å². The largest absolute Gasteiger partial charge is 0.486 e. The molecule has 3 aliphatic rings. The lowest BCUT2D eigenvalue weighted by Crippen LogP contribution is -2.32. The van der Waals surface area contributed by atoms with Crippen LogP contribution in [0.25, 0.3) is 0 Å². The molecule has 5 rings (SSSR count). The molecule has 2 fully saturated rings. The summed E-state index contributed by atoms with van der Waals surface area (Å²) in [4.78, 5) is 34.0. The number of fused-ring (bicyclic) bond motifs is 1. The predicted molar refractivity (Wildman–Crippen MR) is 125 cm³/mol. The number of rotatable bonds is 5. The van der Waals surface area contributed by atoms with Crippen molar-refractivity contribution in [3.05, 3.63) is 42.1 Å². The van der Waals surface area contributed by atoms with Gasteiger partial charge in [-0.1, -0.05) is 18.9 Å². The van der Waals surface area contributed by atoms with Gasteiger partial charge >= 0.3 is 0 Å². The maximum absolute atomic E-state index is 12.8. The van der Waals surface area contributed by atoms with Crippen molar-refractivity contribution in [1.82, 2.24) is 10.3 Å². The summed E-state index contributed by atoms with van der Waals surface area (Å²) in [6.07, 6.45) is 7.03. The molecule has 3 aliphatic heterocycles. The highest BCUT2D eigenvalue weighted by atomic mass is 16.6. The van der Waals surface area contributed by atoms with Crippen LogP contribution in [0.2, 0.25) is 0 Å². The summed E-state index contributed by atoms with van der Waals surface area (Å²) in [5, 5.41) is 2.98. The molecule has 2 amide bonds. The van der Waals surface area contributed by atoms with Crippen LogP contribution in [-0.2, 0) is 16.1 Å². The molecule has 8 nitrogen and oxygen atoms in total. The van der Waals surface area contributed by atoms with Gasteiger partial charge in [0.15, 0.2) is 11.5 Å². The van der Waals surface area contributed by atoms with Crippen molar-refractivity contribution in [3.8, 4) is 11.5 Å². The van der Waals surface area contributed by atoms with Crippen molar-refractivity contribution in [1.29, 1.82) is 0 Å². The molecule has 8 heteroatoms. The van der Waals surface area contributed by atoms with E-state index >= 15 is 0 Å². The lowest BCUT2D eigenvalue weighted by molar-refractivity contribution is -0.126. The van der Waals surface area contributed by atoms with Crippen molar-refractivity contribution < 1.29 is 19.1 Å². The smallest absolute Gasteiger partial charge is 0.227 e. The van der Waals surface area contributed by atoms with E-state index in [9.17, 15) is 9.59 Å². The molecule has 33 heavy (non-hydrogen) atoms. The minimum absolute atomic E-state index is 0.0599. The number of carbonyl (C=O) groups excluding carboxylic acids is 2. The average Bonchev–Trinajstić information content (AvgIpc) is 3.05. The minimum atomic E-state index is -0.380. The molecule has 2 aromatic rings. The van der Waals surface area contributed by atoms with E-state index in [2.05, 4.69) is 15.2 Å². The van der Waals surface area contributed by atoms with Gasteiger partial charge in [0.05, 0.1) is 5.92 Å². The van der Waals surface area contributed by atoms with Gasteiger partial charge in [0.25, 0.3) is 0 Å². The highest BCUT2D eigenvalue weighted by Crippen LogP contribution is 2.36. The Balaban J connectivity index is 1.16. The van der Waals surface area contributed by atoms with Crippen LogP contribution in [0.1, 0.15) is 37.7 Å². The first-order chi connectivity index (χ1) is 16.2. The molecule has 0 aliphatic carbocycles. The first-order valence-corrected chi connectivity index (χ1v) is 11.8. The SMILES string of the molecule is O=C(NCc1ccc(N2CCCCCC2)nc1)C1CC(=O)N(c2ccc3c(c2)OCCO3)C1. The van der Waals surface area contributed by atoms with Crippen molar-refractivity contribution in [3.63, 3.8) is 0 Å². The second-order valence-corrected chi connectivity index (χ2v) is 8.88. The minimum Gasteiger partial charge on any atom is -0.486 e. The third-order valence-corrected chi connectivity index (χ3v) is 6.54. The summed E-state index contributed by atoms with van der Waals surface area (Å²) in [5.41, 5.74) is 1.68. The number of hydrogen-bond donors (Lipinski definition) is 1. The maximum atomic E-state index is 12.8. The molecule has 1 unspecified atom stereocenters. The number of amides is 2. The molecule has 0 radical (unpaired) electrons. The molecular formula is C25H30N4O4. The molecule has 1 N–H and O–H groups in total. The molecule has 0 spiro atoms. The summed E-state index contributed by atoms with van der Waals surface area (Å²) in [6.45, 7) is 3.88. The number of benzene rings is 1. The zero-order valence-electron chi connectivity index (χ0n) is 18.8. The second-order valence-electron chi connectivity index (χ2n) is 8.88. The molecule has 1 atom stereocenters. The average molecular weight is 451 g/mol. The van der Waals surface area contributed by atoms with Gasteiger partial charge in [-0.25, -0.2) is 4.98 Å². The van der Waals surface area contributed by atoms with Crippen LogP contribution in [-0.4, -0.2) is 49.6 Å². The van der Waals surface area contributed by atoms with Crippen molar-refractivity contribution in [2.45, 2.75) is 38.6 Å². The Labute approximate surface area is 193 Å². The Bertz CT molecular complexity index is 1000. The van der Waals surface area contributed by atoms with E-state index in [1.54, 1.807) is 4.90 Å². The van der Waals surface area contributed by atoms with Crippen LogP contribution in [0.5, 0.6) is 11.5 Å². The van der Waals surface area contributed by atoms with Gasteiger partial charge in [0, 0.05) is 50.6 Å². The van der Waals surface area contributed by atoms with Crippen LogP contribution in [0.15, 0.2) is 36.5 Å². The lowest BCUT2D eigenvalue weighted by atomic mass is 10.1. The number of anilines is 2. The normalized spacial score (nSPS) is 20.5. The Morgan fingerprint density at radius 2 is 1.82 bits per heavy atom. The maximum Gasteiger partial charge on any atom is 0.227 e. The van der Waals surface area contributed by atoms with Crippen LogP contribution >= 0.6 is 0 Å². The first kappa shape index (κ1) is 21.6. The fourth-order valence-corrected chi connectivity index (χ4v) is 4.67. The van der Waals surface area contributed by atoms with E-state index in [-0.39, 0.29) is 24.2 Å². The molecule has 1 aromatic heterocycles. The first-order valence-electron chi connectivity index (χ1n) is 11.8. The van der Waals surface area contributed by atoms with E-state index in [0.29, 0.717) is 37.8 Å². The summed E-state index contributed by atoms with van der Waals surface area (Å²) in [5.74, 6) is 1.77. The zero-order valence-corrected chi connectivity index (χ0v) is 18.8. The van der Waals surface area contributed by atoms with Gasteiger partial charge in [-0.2, -0.15) is 0 Å². The summed E-state index contributed by atoms with van der Waals surface area (Å²) in [7, 11) is 0. The number of nitrogens with one attached hydrogen (secondary N) is 1. The predicted octanol–water partition coefficient (Wildman–Crippen LogP) is 2.90.